The van der Waals surface area contributed by atoms with E-state index in [4.69, 9.17) is 4.74 Å². The molecule has 3 amide bonds. The van der Waals surface area contributed by atoms with Crippen LogP contribution in [0.15, 0.2) is 0 Å². The van der Waals surface area contributed by atoms with Crippen molar-refractivity contribution in [1.82, 2.24) is 15.5 Å². The van der Waals surface area contributed by atoms with E-state index in [1.54, 1.807) is 18.7 Å². The first-order valence-corrected chi connectivity index (χ1v) is 8.09. The molecule has 0 aliphatic carbocycles. The highest BCUT2D eigenvalue weighted by Crippen LogP contribution is 2.16. The highest BCUT2D eigenvalue weighted by molar-refractivity contribution is 5.89. The monoisotopic (exact) mass is 343 g/mol. The third kappa shape index (κ3) is 6.25. The number of rotatable bonds is 3. The van der Waals surface area contributed by atoms with Gasteiger partial charge in [0.05, 0.1) is 7.11 Å². The van der Waals surface area contributed by atoms with Crippen LogP contribution >= 0.6 is 0 Å². The van der Waals surface area contributed by atoms with Crippen molar-refractivity contribution in [2.24, 2.45) is 0 Å². The summed E-state index contributed by atoms with van der Waals surface area (Å²) in [5.74, 6) is -0.330. The molecule has 1 saturated heterocycles. The molecule has 0 aromatic carbocycles. The van der Waals surface area contributed by atoms with E-state index in [1.807, 2.05) is 20.8 Å². The van der Waals surface area contributed by atoms with E-state index < -0.39 is 17.2 Å². The van der Waals surface area contributed by atoms with Crippen LogP contribution in [0.5, 0.6) is 0 Å². The predicted molar refractivity (Wildman–Crippen MR) is 88.6 cm³/mol. The van der Waals surface area contributed by atoms with Gasteiger partial charge in [-0.3, -0.25) is 4.79 Å². The van der Waals surface area contributed by atoms with Crippen LogP contribution in [0, 0.1) is 0 Å². The number of ether oxygens (including phenoxy) is 2. The van der Waals surface area contributed by atoms with Crippen LogP contribution in [0.1, 0.15) is 47.5 Å². The molecular formula is C16H29N3O5. The minimum Gasteiger partial charge on any atom is -0.453 e. The molecule has 1 heterocycles. The zero-order valence-corrected chi connectivity index (χ0v) is 15.4. The van der Waals surface area contributed by atoms with Gasteiger partial charge in [0, 0.05) is 19.1 Å². The molecule has 0 spiro atoms. The van der Waals surface area contributed by atoms with Crippen LogP contribution in [0.25, 0.3) is 0 Å². The Balaban J connectivity index is 2.60. The molecule has 1 fully saturated rings. The fourth-order valence-electron chi connectivity index (χ4n) is 2.32. The van der Waals surface area contributed by atoms with Gasteiger partial charge in [-0.1, -0.05) is 0 Å². The number of methoxy groups -OCH3 is 1. The Morgan fingerprint density at radius 2 is 1.75 bits per heavy atom. The number of nitrogens with one attached hydrogen (secondary N) is 2. The van der Waals surface area contributed by atoms with Crippen molar-refractivity contribution >= 4 is 18.1 Å². The van der Waals surface area contributed by atoms with Gasteiger partial charge in [-0.05, 0) is 47.5 Å². The molecule has 0 bridgehead atoms. The number of nitrogens with zero attached hydrogens (tertiary/aromatic N) is 1. The van der Waals surface area contributed by atoms with E-state index >= 15 is 0 Å². The summed E-state index contributed by atoms with van der Waals surface area (Å²) in [6, 6.07) is -0.183. The number of amides is 3. The largest absolute Gasteiger partial charge is 0.453 e. The molecule has 0 aromatic rings. The Bertz CT molecular complexity index is 485. The number of hydrogen-bond donors (Lipinski definition) is 2. The molecule has 24 heavy (non-hydrogen) atoms. The quantitative estimate of drug-likeness (QED) is 0.812. The van der Waals surface area contributed by atoms with Crippen molar-refractivity contribution in [3.8, 4) is 0 Å². The molecule has 8 nitrogen and oxygen atoms in total. The number of carbonyl (C=O) groups excluding carboxylic acids is 3. The maximum Gasteiger partial charge on any atom is 0.410 e. The maximum absolute atomic E-state index is 12.4. The first-order valence-electron chi connectivity index (χ1n) is 8.09. The Hall–Kier alpha value is -1.99. The van der Waals surface area contributed by atoms with Crippen molar-refractivity contribution in [1.29, 1.82) is 0 Å². The Kier molecular flexibility index (Phi) is 6.45. The first-order chi connectivity index (χ1) is 10.9. The van der Waals surface area contributed by atoms with E-state index in [0.717, 1.165) is 12.8 Å². The maximum atomic E-state index is 12.4. The van der Waals surface area contributed by atoms with Crippen molar-refractivity contribution in [2.45, 2.75) is 64.6 Å². The molecule has 1 atom stereocenters. The highest BCUT2D eigenvalue weighted by atomic mass is 16.6. The molecule has 1 aliphatic rings. The van der Waals surface area contributed by atoms with E-state index in [9.17, 15) is 14.4 Å². The van der Waals surface area contributed by atoms with Crippen LogP contribution in [0.3, 0.4) is 0 Å². The SMILES string of the molecule is COC(=O)NC(C)(C)C(=O)NC1CCCN(C(=O)OC(C)(C)C)C1. The molecule has 1 unspecified atom stereocenters. The summed E-state index contributed by atoms with van der Waals surface area (Å²) in [4.78, 5) is 37.4. The van der Waals surface area contributed by atoms with Crippen LogP contribution in [0.2, 0.25) is 0 Å². The summed E-state index contributed by atoms with van der Waals surface area (Å²) in [5.41, 5.74) is -1.67. The Morgan fingerprint density at radius 3 is 2.29 bits per heavy atom. The number of likely N-dealkylation sites (tertiary alicyclic amines) is 1. The molecule has 0 saturated carbocycles. The van der Waals surface area contributed by atoms with Gasteiger partial charge in [-0.25, -0.2) is 9.59 Å². The minimum absolute atomic E-state index is 0.183. The molecule has 0 radical (unpaired) electrons. The highest BCUT2D eigenvalue weighted by Gasteiger charge is 2.34. The summed E-state index contributed by atoms with van der Waals surface area (Å²) in [7, 11) is 1.24. The normalized spacial score (nSPS) is 18.6. The molecule has 138 valence electrons. The van der Waals surface area contributed by atoms with Gasteiger partial charge >= 0.3 is 12.2 Å². The van der Waals surface area contributed by atoms with E-state index in [2.05, 4.69) is 15.4 Å². The molecule has 8 heteroatoms. The van der Waals surface area contributed by atoms with Crippen LogP contribution in [-0.4, -0.2) is 60.4 Å². The van der Waals surface area contributed by atoms with Crippen molar-refractivity contribution in [3.63, 3.8) is 0 Å². The smallest absolute Gasteiger partial charge is 0.410 e. The lowest BCUT2D eigenvalue weighted by molar-refractivity contribution is -0.127. The zero-order valence-electron chi connectivity index (χ0n) is 15.4. The minimum atomic E-state index is -1.11. The predicted octanol–water partition coefficient (Wildman–Crippen LogP) is 1.64. The number of alkyl carbamates (subject to hydrolysis) is 1. The van der Waals surface area contributed by atoms with Crippen molar-refractivity contribution in [3.05, 3.63) is 0 Å². The third-order valence-corrected chi connectivity index (χ3v) is 3.58. The van der Waals surface area contributed by atoms with E-state index in [-0.39, 0.29) is 18.0 Å². The van der Waals surface area contributed by atoms with E-state index in [1.165, 1.54) is 7.11 Å². The summed E-state index contributed by atoms with van der Waals surface area (Å²) in [5, 5.41) is 5.36. The lowest BCUT2D eigenvalue weighted by atomic mass is 10.0. The fraction of sp³-hybridized carbons (Fsp3) is 0.812. The average molecular weight is 343 g/mol. The average Bonchev–Trinajstić information content (AvgIpc) is 2.45. The number of carbonyl (C=O) groups is 3. The fourth-order valence-corrected chi connectivity index (χ4v) is 2.32. The lowest BCUT2D eigenvalue weighted by Gasteiger charge is -2.35. The van der Waals surface area contributed by atoms with Gasteiger partial charge in [-0.2, -0.15) is 0 Å². The molecule has 2 N–H and O–H groups in total. The van der Waals surface area contributed by atoms with Gasteiger partial charge in [0.25, 0.3) is 0 Å². The second-order valence-corrected chi connectivity index (χ2v) is 7.48. The summed E-state index contributed by atoms with van der Waals surface area (Å²) in [6.07, 6.45) is 0.483. The van der Waals surface area contributed by atoms with E-state index in [0.29, 0.717) is 13.1 Å². The Labute approximate surface area is 143 Å². The van der Waals surface area contributed by atoms with Crippen molar-refractivity contribution < 1.29 is 23.9 Å². The lowest BCUT2D eigenvalue weighted by Crippen LogP contribution is -2.59. The summed E-state index contributed by atoms with van der Waals surface area (Å²) >= 11 is 0. The summed E-state index contributed by atoms with van der Waals surface area (Å²) < 4.78 is 9.89. The number of hydrogen-bond acceptors (Lipinski definition) is 5. The van der Waals surface area contributed by atoms with Crippen LogP contribution in [0.4, 0.5) is 9.59 Å². The molecular weight excluding hydrogens is 314 g/mol. The molecule has 1 rings (SSSR count). The zero-order chi connectivity index (χ0) is 18.5. The second-order valence-electron chi connectivity index (χ2n) is 7.48. The van der Waals surface area contributed by atoms with Crippen LogP contribution < -0.4 is 10.6 Å². The van der Waals surface area contributed by atoms with Crippen LogP contribution in [-0.2, 0) is 14.3 Å². The topological polar surface area (TPSA) is 97.0 Å². The Morgan fingerprint density at radius 1 is 1.12 bits per heavy atom. The van der Waals surface area contributed by atoms with Crippen molar-refractivity contribution in [2.75, 3.05) is 20.2 Å². The van der Waals surface area contributed by atoms with Gasteiger partial charge in [0.1, 0.15) is 11.1 Å². The molecule has 1 aliphatic heterocycles. The molecule has 0 aromatic heterocycles. The van der Waals surface area contributed by atoms with Gasteiger partial charge in [0.2, 0.25) is 5.91 Å². The second kappa shape index (κ2) is 7.72. The van der Waals surface area contributed by atoms with Gasteiger partial charge in [-0.15, -0.1) is 0 Å². The standard InChI is InChI=1S/C16H29N3O5/c1-15(2,3)24-14(22)19-9-7-8-11(10-19)17-12(20)16(4,5)18-13(21)23-6/h11H,7-10H2,1-6H3,(H,17,20)(H,18,21). The number of piperidine rings is 1. The van der Waals surface area contributed by atoms with Gasteiger partial charge < -0.3 is 25.0 Å². The first kappa shape index (κ1) is 20.1. The van der Waals surface area contributed by atoms with Gasteiger partial charge in [0.15, 0.2) is 0 Å². The third-order valence-electron chi connectivity index (χ3n) is 3.58. The summed E-state index contributed by atoms with van der Waals surface area (Å²) in [6.45, 7) is 9.61.